The summed E-state index contributed by atoms with van der Waals surface area (Å²) in [6.45, 7) is 3.58. The maximum absolute atomic E-state index is 12.8. The van der Waals surface area contributed by atoms with E-state index in [1.54, 1.807) is 0 Å². The Balaban J connectivity index is 1.86. The SMILES string of the molecule is CCC/C=C\CCCCCCCC(=O)OC(COCCCCCCCCCCCC)COC1OC(COC2OC(CO)C(O)C(O)C2O)C(O)C(O)C1O. The van der Waals surface area contributed by atoms with Crippen LogP contribution in [-0.2, 0) is 33.2 Å². The molecule has 0 amide bonds. The standard InChI is InChI=1S/C40H74O14/c1-3-5-7-9-11-13-15-17-19-21-23-32(42)52-29(26-49-24-22-20-18-16-14-12-10-8-6-4-2)27-50-39-38(48)36(46)34(44)31(54-39)28-51-40-37(47)35(45)33(43)30(25-41)53-40/h7,9,29-31,33-41,43-48H,3-6,8,10-28H2,1-2H3/b9-7-. The number of aliphatic hydroxyl groups is 7. The average Bonchev–Trinajstić information content (AvgIpc) is 3.16. The monoisotopic (exact) mass is 779 g/mol. The molecule has 0 aromatic rings. The zero-order chi connectivity index (χ0) is 39.6. The molecule has 11 atom stereocenters. The van der Waals surface area contributed by atoms with Crippen molar-refractivity contribution in [2.45, 2.75) is 203 Å². The van der Waals surface area contributed by atoms with Gasteiger partial charge in [-0.15, -0.1) is 0 Å². The molecule has 54 heavy (non-hydrogen) atoms. The van der Waals surface area contributed by atoms with Crippen LogP contribution < -0.4 is 0 Å². The molecule has 2 heterocycles. The maximum Gasteiger partial charge on any atom is 0.306 e. The Morgan fingerprint density at radius 1 is 0.593 bits per heavy atom. The topological polar surface area (TPSA) is 214 Å². The summed E-state index contributed by atoms with van der Waals surface area (Å²) in [5, 5.41) is 71.6. The van der Waals surface area contributed by atoms with Crippen molar-refractivity contribution in [3.05, 3.63) is 12.2 Å². The minimum absolute atomic E-state index is 0.0619. The Morgan fingerprint density at radius 3 is 1.76 bits per heavy atom. The highest BCUT2D eigenvalue weighted by Crippen LogP contribution is 2.26. The molecule has 0 radical (unpaired) electrons. The normalized spacial score (nSPS) is 29.5. The van der Waals surface area contributed by atoms with E-state index in [-0.39, 0.29) is 25.6 Å². The van der Waals surface area contributed by atoms with Crippen LogP contribution in [0.4, 0.5) is 0 Å². The van der Waals surface area contributed by atoms with Gasteiger partial charge in [0.2, 0.25) is 0 Å². The van der Waals surface area contributed by atoms with Crippen LogP contribution in [-0.4, -0.2) is 142 Å². The summed E-state index contributed by atoms with van der Waals surface area (Å²) in [5.74, 6) is -0.389. The Bertz CT molecular complexity index is 954. The van der Waals surface area contributed by atoms with Crippen molar-refractivity contribution in [2.75, 3.05) is 33.0 Å². The van der Waals surface area contributed by atoms with Crippen molar-refractivity contribution < 1.29 is 69.0 Å². The molecule has 7 N–H and O–H groups in total. The van der Waals surface area contributed by atoms with Crippen LogP contribution in [0.5, 0.6) is 0 Å². The van der Waals surface area contributed by atoms with Gasteiger partial charge >= 0.3 is 5.97 Å². The molecular weight excluding hydrogens is 704 g/mol. The van der Waals surface area contributed by atoms with E-state index in [2.05, 4.69) is 26.0 Å². The van der Waals surface area contributed by atoms with E-state index in [1.165, 1.54) is 44.9 Å². The Kier molecular flexibility index (Phi) is 27.1. The third-order valence-corrected chi connectivity index (χ3v) is 10.0. The Hall–Kier alpha value is -1.27. The minimum atomic E-state index is -1.70. The quantitative estimate of drug-likeness (QED) is 0.0305. The number of aliphatic hydroxyl groups excluding tert-OH is 7. The predicted octanol–water partition coefficient (Wildman–Crippen LogP) is 3.56. The second-order valence-corrected chi connectivity index (χ2v) is 14.8. The first kappa shape index (κ1) is 48.9. The molecule has 0 aliphatic carbocycles. The van der Waals surface area contributed by atoms with Crippen molar-refractivity contribution in [1.82, 2.24) is 0 Å². The van der Waals surface area contributed by atoms with Crippen molar-refractivity contribution in [3.63, 3.8) is 0 Å². The fourth-order valence-electron chi connectivity index (χ4n) is 6.52. The van der Waals surface area contributed by atoms with Crippen molar-refractivity contribution in [3.8, 4) is 0 Å². The Morgan fingerprint density at radius 2 is 1.13 bits per heavy atom. The second kappa shape index (κ2) is 29.9. The first-order valence-electron chi connectivity index (χ1n) is 20.8. The lowest BCUT2D eigenvalue weighted by atomic mass is 9.98. The van der Waals surface area contributed by atoms with Gasteiger partial charge in [0.15, 0.2) is 12.6 Å². The van der Waals surface area contributed by atoms with Crippen LogP contribution in [0, 0.1) is 0 Å². The summed E-state index contributed by atoms with van der Waals surface area (Å²) in [6.07, 6.45) is 8.72. The number of hydrogen-bond donors (Lipinski definition) is 7. The van der Waals surface area contributed by atoms with Gasteiger partial charge in [0.05, 0.1) is 26.4 Å². The van der Waals surface area contributed by atoms with Gasteiger partial charge in [-0.1, -0.05) is 109 Å². The molecule has 0 spiro atoms. The van der Waals surface area contributed by atoms with E-state index in [0.717, 1.165) is 64.2 Å². The fraction of sp³-hybridized carbons (Fsp3) is 0.925. The van der Waals surface area contributed by atoms with Gasteiger partial charge in [-0.2, -0.15) is 0 Å². The van der Waals surface area contributed by atoms with Gasteiger partial charge < -0.3 is 64.2 Å². The van der Waals surface area contributed by atoms with Gasteiger partial charge in [-0.05, 0) is 32.1 Å². The number of esters is 1. The highest BCUT2D eigenvalue weighted by Gasteiger charge is 2.47. The second-order valence-electron chi connectivity index (χ2n) is 14.8. The van der Waals surface area contributed by atoms with Gasteiger partial charge in [-0.25, -0.2) is 0 Å². The zero-order valence-corrected chi connectivity index (χ0v) is 33.0. The van der Waals surface area contributed by atoms with E-state index in [4.69, 9.17) is 28.4 Å². The molecule has 11 unspecified atom stereocenters. The third kappa shape index (κ3) is 19.3. The lowest BCUT2D eigenvalue weighted by Gasteiger charge is -2.42. The number of rotatable bonds is 31. The number of hydrogen-bond acceptors (Lipinski definition) is 14. The number of unbranched alkanes of at least 4 members (excludes halogenated alkanes) is 15. The lowest BCUT2D eigenvalue weighted by Crippen LogP contribution is -2.61. The van der Waals surface area contributed by atoms with Gasteiger partial charge in [0.25, 0.3) is 0 Å². The van der Waals surface area contributed by atoms with Gasteiger partial charge in [-0.3, -0.25) is 4.79 Å². The molecule has 0 saturated carbocycles. The molecule has 0 bridgehead atoms. The highest BCUT2D eigenvalue weighted by atomic mass is 16.7. The van der Waals surface area contributed by atoms with Crippen LogP contribution in [0.15, 0.2) is 12.2 Å². The average molecular weight is 779 g/mol. The van der Waals surface area contributed by atoms with Crippen LogP contribution in [0.25, 0.3) is 0 Å². The number of allylic oxidation sites excluding steroid dienone is 2. The summed E-state index contributed by atoms with van der Waals surface area (Å²) >= 11 is 0. The first-order chi connectivity index (χ1) is 26.1. The largest absolute Gasteiger partial charge is 0.457 e. The first-order valence-corrected chi connectivity index (χ1v) is 20.8. The van der Waals surface area contributed by atoms with E-state index >= 15 is 0 Å². The van der Waals surface area contributed by atoms with Gasteiger partial charge in [0, 0.05) is 13.0 Å². The number of ether oxygens (including phenoxy) is 6. The minimum Gasteiger partial charge on any atom is -0.457 e. The molecule has 318 valence electrons. The fourth-order valence-corrected chi connectivity index (χ4v) is 6.52. The molecule has 0 aromatic heterocycles. The molecule has 2 saturated heterocycles. The van der Waals surface area contributed by atoms with Crippen LogP contribution in [0.3, 0.4) is 0 Å². The maximum atomic E-state index is 12.8. The lowest BCUT2D eigenvalue weighted by molar-refractivity contribution is -0.332. The summed E-state index contributed by atoms with van der Waals surface area (Å²) < 4.78 is 34.0. The highest BCUT2D eigenvalue weighted by molar-refractivity contribution is 5.69. The van der Waals surface area contributed by atoms with E-state index in [0.29, 0.717) is 13.0 Å². The number of carbonyl (C=O) groups excluding carboxylic acids is 1. The summed E-state index contributed by atoms with van der Waals surface area (Å²) in [5.41, 5.74) is 0. The molecule has 2 aliphatic rings. The molecule has 14 nitrogen and oxygen atoms in total. The van der Waals surface area contributed by atoms with Crippen molar-refractivity contribution in [2.24, 2.45) is 0 Å². The van der Waals surface area contributed by atoms with Crippen LogP contribution >= 0.6 is 0 Å². The zero-order valence-electron chi connectivity index (χ0n) is 33.0. The van der Waals surface area contributed by atoms with E-state index in [9.17, 15) is 40.5 Å². The summed E-state index contributed by atoms with van der Waals surface area (Å²) in [6, 6.07) is 0. The van der Waals surface area contributed by atoms with Crippen LogP contribution in [0.2, 0.25) is 0 Å². The van der Waals surface area contributed by atoms with Crippen molar-refractivity contribution in [1.29, 1.82) is 0 Å². The molecule has 2 rings (SSSR count). The smallest absolute Gasteiger partial charge is 0.306 e. The molecule has 2 fully saturated rings. The molecule has 0 aromatic carbocycles. The van der Waals surface area contributed by atoms with E-state index < -0.39 is 80.7 Å². The predicted molar refractivity (Wildman–Crippen MR) is 201 cm³/mol. The number of carbonyl (C=O) groups is 1. The summed E-state index contributed by atoms with van der Waals surface area (Å²) in [7, 11) is 0. The summed E-state index contributed by atoms with van der Waals surface area (Å²) in [4.78, 5) is 12.8. The molecule has 14 heteroatoms. The Labute approximate surface area is 323 Å². The van der Waals surface area contributed by atoms with Crippen LogP contribution in [0.1, 0.15) is 136 Å². The molecule has 2 aliphatic heterocycles. The van der Waals surface area contributed by atoms with E-state index in [1.807, 2.05) is 0 Å². The van der Waals surface area contributed by atoms with Crippen molar-refractivity contribution >= 4 is 5.97 Å². The van der Waals surface area contributed by atoms with Gasteiger partial charge in [0.1, 0.15) is 54.9 Å². The molecular formula is C40H74O14. The third-order valence-electron chi connectivity index (χ3n) is 10.0.